The van der Waals surface area contributed by atoms with Gasteiger partial charge in [0.15, 0.2) is 0 Å². The van der Waals surface area contributed by atoms with E-state index in [1.165, 1.54) is 0 Å². The van der Waals surface area contributed by atoms with Crippen molar-refractivity contribution in [3.05, 3.63) is 78.1 Å². The van der Waals surface area contributed by atoms with Crippen molar-refractivity contribution in [2.24, 2.45) is 0 Å². The van der Waals surface area contributed by atoms with Gasteiger partial charge in [0.25, 0.3) is 5.91 Å². The quantitative estimate of drug-likeness (QED) is 0.761. The zero-order valence-electron chi connectivity index (χ0n) is 14.8. The van der Waals surface area contributed by atoms with Crippen LogP contribution < -0.4 is 10.2 Å². The number of amides is 2. The Morgan fingerprint density at radius 3 is 2.52 bits per heavy atom. The summed E-state index contributed by atoms with van der Waals surface area (Å²) in [7, 11) is 0. The zero-order valence-corrected chi connectivity index (χ0v) is 14.8. The largest absolute Gasteiger partial charge is 0.348 e. The van der Waals surface area contributed by atoms with Crippen LogP contribution >= 0.6 is 0 Å². The van der Waals surface area contributed by atoms with Gasteiger partial charge in [0, 0.05) is 31.4 Å². The van der Waals surface area contributed by atoms with Gasteiger partial charge in [-0.05, 0) is 36.2 Å². The minimum absolute atomic E-state index is 0.170. The van der Waals surface area contributed by atoms with E-state index >= 15 is 0 Å². The van der Waals surface area contributed by atoms with Crippen molar-refractivity contribution in [2.75, 3.05) is 11.4 Å². The molecule has 1 N–H and O–H groups in total. The molecule has 3 aromatic rings. The van der Waals surface area contributed by atoms with Crippen molar-refractivity contribution in [1.29, 1.82) is 0 Å². The minimum atomic E-state index is -0.170. The van der Waals surface area contributed by atoms with Crippen molar-refractivity contribution in [3.8, 4) is 5.69 Å². The van der Waals surface area contributed by atoms with E-state index < -0.39 is 0 Å². The molecule has 0 radical (unpaired) electrons. The molecule has 6 heteroatoms. The highest BCUT2D eigenvalue weighted by molar-refractivity contribution is 5.95. The molecular weight excluding hydrogens is 340 g/mol. The van der Waals surface area contributed by atoms with Crippen LogP contribution in [0.4, 0.5) is 5.69 Å². The first kappa shape index (κ1) is 17.0. The molecule has 2 heterocycles. The lowest BCUT2D eigenvalue weighted by Gasteiger charge is -2.16. The highest BCUT2D eigenvalue weighted by atomic mass is 16.2. The molecule has 0 saturated carbocycles. The summed E-state index contributed by atoms with van der Waals surface area (Å²) in [6.45, 7) is 1.20. The first-order valence-corrected chi connectivity index (χ1v) is 8.98. The molecule has 1 aliphatic rings. The number of benzene rings is 2. The summed E-state index contributed by atoms with van der Waals surface area (Å²) < 4.78 is 1.68. The minimum Gasteiger partial charge on any atom is -0.348 e. The van der Waals surface area contributed by atoms with Crippen LogP contribution in [0.25, 0.3) is 5.69 Å². The van der Waals surface area contributed by atoms with Crippen molar-refractivity contribution < 1.29 is 9.59 Å². The van der Waals surface area contributed by atoms with E-state index in [9.17, 15) is 9.59 Å². The van der Waals surface area contributed by atoms with Crippen LogP contribution in [0.15, 0.2) is 67.0 Å². The SMILES string of the molecule is O=C(NCc1ccc(N2CCCC2=O)cc1)c1cnn(-c2ccccc2)c1. The van der Waals surface area contributed by atoms with Gasteiger partial charge in [-0.25, -0.2) is 4.68 Å². The number of carbonyl (C=O) groups excluding carboxylic acids is 2. The Kier molecular flexibility index (Phi) is 4.70. The Hall–Kier alpha value is -3.41. The maximum atomic E-state index is 12.4. The Morgan fingerprint density at radius 2 is 1.81 bits per heavy atom. The molecule has 6 nitrogen and oxygen atoms in total. The Bertz CT molecular complexity index is 948. The Morgan fingerprint density at radius 1 is 1.04 bits per heavy atom. The second-order valence-corrected chi connectivity index (χ2v) is 6.51. The predicted octanol–water partition coefficient (Wildman–Crippen LogP) is 2.93. The van der Waals surface area contributed by atoms with Crippen LogP contribution in [0.5, 0.6) is 0 Å². The second kappa shape index (κ2) is 7.45. The van der Waals surface area contributed by atoms with Gasteiger partial charge in [-0.15, -0.1) is 0 Å². The summed E-state index contributed by atoms with van der Waals surface area (Å²) in [5, 5.41) is 7.15. The Labute approximate surface area is 157 Å². The predicted molar refractivity (Wildman–Crippen MR) is 103 cm³/mol. The van der Waals surface area contributed by atoms with Crippen molar-refractivity contribution in [3.63, 3.8) is 0 Å². The number of carbonyl (C=O) groups is 2. The number of para-hydroxylation sites is 1. The molecule has 0 bridgehead atoms. The first-order valence-electron chi connectivity index (χ1n) is 8.98. The highest BCUT2D eigenvalue weighted by Crippen LogP contribution is 2.21. The third kappa shape index (κ3) is 3.74. The molecule has 0 spiro atoms. The van der Waals surface area contributed by atoms with Crippen LogP contribution in [0, 0.1) is 0 Å². The van der Waals surface area contributed by atoms with Crippen LogP contribution in [0.1, 0.15) is 28.8 Å². The van der Waals surface area contributed by atoms with Gasteiger partial charge < -0.3 is 10.2 Å². The van der Waals surface area contributed by atoms with E-state index in [2.05, 4.69) is 10.4 Å². The normalized spacial score (nSPS) is 13.8. The summed E-state index contributed by atoms with van der Waals surface area (Å²) in [5.41, 5.74) is 3.31. The van der Waals surface area contributed by atoms with E-state index in [4.69, 9.17) is 0 Å². The smallest absolute Gasteiger partial charge is 0.254 e. The topological polar surface area (TPSA) is 67.2 Å². The third-order valence-corrected chi connectivity index (χ3v) is 4.64. The summed E-state index contributed by atoms with van der Waals surface area (Å²) in [4.78, 5) is 26.0. The molecule has 1 fully saturated rings. The number of nitrogens with zero attached hydrogens (tertiary/aromatic N) is 3. The van der Waals surface area contributed by atoms with Gasteiger partial charge in [0.05, 0.1) is 17.4 Å². The summed E-state index contributed by atoms with van der Waals surface area (Å²) in [6.07, 6.45) is 4.80. The van der Waals surface area contributed by atoms with Crippen LogP contribution in [-0.4, -0.2) is 28.1 Å². The maximum absolute atomic E-state index is 12.4. The van der Waals surface area contributed by atoms with Crippen molar-refractivity contribution >= 4 is 17.5 Å². The van der Waals surface area contributed by atoms with Crippen LogP contribution in [-0.2, 0) is 11.3 Å². The lowest BCUT2D eigenvalue weighted by Crippen LogP contribution is -2.24. The average Bonchev–Trinajstić information content (AvgIpc) is 3.37. The lowest BCUT2D eigenvalue weighted by atomic mass is 10.2. The summed E-state index contributed by atoms with van der Waals surface area (Å²) in [6, 6.07) is 17.4. The lowest BCUT2D eigenvalue weighted by molar-refractivity contribution is -0.117. The number of hydrogen-bond donors (Lipinski definition) is 1. The van der Waals surface area contributed by atoms with Crippen LogP contribution in [0.2, 0.25) is 0 Å². The van der Waals surface area contributed by atoms with E-state index in [-0.39, 0.29) is 11.8 Å². The number of aromatic nitrogens is 2. The summed E-state index contributed by atoms with van der Waals surface area (Å²) >= 11 is 0. The van der Waals surface area contributed by atoms with E-state index in [1.807, 2.05) is 54.6 Å². The molecule has 0 aliphatic carbocycles. The van der Waals surface area contributed by atoms with Gasteiger partial charge in [-0.3, -0.25) is 9.59 Å². The molecule has 2 amide bonds. The molecule has 4 rings (SSSR count). The molecule has 27 heavy (non-hydrogen) atoms. The molecule has 136 valence electrons. The van der Waals surface area contributed by atoms with E-state index in [0.29, 0.717) is 18.5 Å². The average molecular weight is 360 g/mol. The monoisotopic (exact) mass is 360 g/mol. The number of hydrogen-bond acceptors (Lipinski definition) is 3. The molecular formula is C21H20N4O2. The zero-order chi connectivity index (χ0) is 18.6. The number of rotatable bonds is 5. The molecule has 1 aliphatic heterocycles. The summed E-state index contributed by atoms with van der Waals surface area (Å²) in [5.74, 6) is 0.00228. The van der Waals surface area contributed by atoms with E-state index in [1.54, 1.807) is 22.0 Å². The number of anilines is 1. The van der Waals surface area contributed by atoms with Gasteiger partial charge in [0.2, 0.25) is 5.91 Å². The van der Waals surface area contributed by atoms with E-state index in [0.717, 1.165) is 29.9 Å². The van der Waals surface area contributed by atoms with Crippen LogP contribution in [0.3, 0.4) is 0 Å². The molecule has 2 aromatic carbocycles. The fraction of sp³-hybridized carbons (Fsp3) is 0.190. The maximum Gasteiger partial charge on any atom is 0.254 e. The molecule has 1 saturated heterocycles. The fourth-order valence-corrected chi connectivity index (χ4v) is 3.16. The number of nitrogens with one attached hydrogen (secondary N) is 1. The standard InChI is InChI=1S/C21H20N4O2/c26-20-7-4-12-24(20)18-10-8-16(9-11-18)13-22-21(27)17-14-23-25(15-17)19-5-2-1-3-6-19/h1-3,5-6,8-11,14-15H,4,7,12-13H2,(H,22,27). The van der Waals surface area contributed by atoms with Gasteiger partial charge in [-0.1, -0.05) is 30.3 Å². The van der Waals surface area contributed by atoms with Gasteiger partial charge >= 0.3 is 0 Å². The van der Waals surface area contributed by atoms with Crippen molar-refractivity contribution in [2.45, 2.75) is 19.4 Å². The Balaban J connectivity index is 1.37. The molecule has 1 aromatic heterocycles. The van der Waals surface area contributed by atoms with Gasteiger partial charge in [0.1, 0.15) is 0 Å². The highest BCUT2D eigenvalue weighted by Gasteiger charge is 2.21. The van der Waals surface area contributed by atoms with Gasteiger partial charge in [-0.2, -0.15) is 5.10 Å². The fourth-order valence-electron chi connectivity index (χ4n) is 3.16. The molecule has 0 atom stereocenters. The molecule has 0 unspecified atom stereocenters. The van der Waals surface area contributed by atoms with Crippen molar-refractivity contribution in [1.82, 2.24) is 15.1 Å². The second-order valence-electron chi connectivity index (χ2n) is 6.51. The third-order valence-electron chi connectivity index (χ3n) is 4.64. The first-order chi connectivity index (χ1) is 13.2.